The van der Waals surface area contributed by atoms with Crippen molar-refractivity contribution in [3.63, 3.8) is 0 Å². The molecule has 1 N–H and O–H groups in total. The second kappa shape index (κ2) is 7.62. The third kappa shape index (κ3) is 3.79. The number of amides is 2. The van der Waals surface area contributed by atoms with E-state index in [-0.39, 0.29) is 12.1 Å². The minimum Gasteiger partial charge on any atom is -0.319 e. The molecule has 0 spiro atoms. The summed E-state index contributed by atoms with van der Waals surface area (Å²) >= 11 is 1.17. The summed E-state index contributed by atoms with van der Waals surface area (Å²) in [4.78, 5) is 17.2. The summed E-state index contributed by atoms with van der Waals surface area (Å²) in [6.07, 6.45) is 0. The van der Waals surface area contributed by atoms with Crippen LogP contribution in [0, 0.1) is 6.92 Å². The molecule has 0 bridgehead atoms. The number of nitrogens with zero attached hydrogens (tertiary/aromatic N) is 4. The maximum Gasteiger partial charge on any atom is 0.322 e. The lowest BCUT2D eigenvalue weighted by Gasteiger charge is -2.39. The number of urea groups is 1. The Labute approximate surface area is 163 Å². The Morgan fingerprint density at radius 2 is 2.00 bits per heavy atom. The van der Waals surface area contributed by atoms with Gasteiger partial charge in [0, 0.05) is 32.2 Å². The third-order valence-corrected chi connectivity index (χ3v) is 5.63. The number of hydrogen-bond acceptors (Lipinski definition) is 5. The molecule has 1 fully saturated rings. The maximum absolute atomic E-state index is 12.9. The Morgan fingerprint density at radius 3 is 2.78 bits per heavy atom. The lowest BCUT2D eigenvalue weighted by atomic mass is 10.1. The molecule has 1 saturated heterocycles. The number of carbonyl (C=O) groups is 1. The van der Waals surface area contributed by atoms with Crippen molar-refractivity contribution in [2.24, 2.45) is 0 Å². The molecule has 1 aliphatic rings. The van der Waals surface area contributed by atoms with Gasteiger partial charge in [0.2, 0.25) is 0 Å². The van der Waals surface area contributed by atoms with Gasteiger partial charge in [-0.2, -0.15) is 8.75 Å². The lowest BCUT2D eigenvalue weighted by Crippen LogP contribution is -2.54. The van der Waals surface area contributed by atoms with E-state index in [1.807, 2.05) is 30.0 Å². The molecule has 1 atom stereocenters. The van der Waals surface area contributed by atoms with Gasteiger partial charge in [0.05, 0.1) is 17.4 Å². The molecule has 0 radical (unpaired) electrons. The largest absolute Gasteiger partial charge is 0.322 e. The molecule has 1 aliphatic heterocycles. The summed E-state index contributed by atoms with van der Waals surface area (Å²) in [5, 5.41) is 3.08. The van der Waals surface area contributed by atoms with Crippen molar-refractivity contribution in [1.82, 2.24) is 18.5 Å². The molecule has 4 rings (SSSR count). The molecule has 2 heterocycles. The standard InChI is InChI=1S/C20H23N5OS/c1-14-8-9-17-19(23-27-22-17)18(14)21-20(26)25-11-10-24(12-15(25)2)13-16-6-4-3-5-7-16/h3-9,15H,10-13H2,1-2H3,(H,21,26)/t15-/m1/s1. The van der Waals surface area contributed by atoms with E-state index in [0.29, 0.717) is 6.54 Å². The van der Waals surface area contributed by atoms with Crippen molar-refractivity contribution in [3.8, 4) is 0 Å². The first-order valence-corrected chi connectivity index (χ1v) is 9.90. The van der Waals surface area contributed by atoms with Gasteiger partial charge in [-0.3, -0.25) is 4.90 Å². The number of rotatable bonds is 3. The van der Waals surface area contributed by atoms with Crippen molar-refractivity contribution in [3.05, 3.63) is 53.6 Å². The minimum absolute atomic E-state index is 0.0644. The first-order chi connectivity index (χ1) is 13.1. The average molecular weight is 382 g/mol. The number of piperazine rings is 1. The highest BCUT2D eigenvalue weighted by Crippen LogP contribution is 2.26. The fraction of sp³-hybridized carbons (Fsp3) is 0.350. The molecule has 2 amide bonds. The summed E-state index contributed by atoms with van der Waals surface area (Å²) < 4.78 is 8.61. The van der Waals surface area contributed by atoms with Crippen LogP contribution in [0.15, 0.2) is 42.5 Å². The Hall–Kier alpha value is -2.51. The quantitative estimate of drug-likeness (QED) is 0.751. The van der Waals surface area contributed by atoms with Crippen LogP contribution < -0.4 is 5.32 Å². The normalized spacial score (nSPS) is 18.0. The molecule has 6 nitrogen and oxygen atoms in total. The van der Waals surface area contributed by atoms with E-state index < -0.39 is 0 Å². The van der Waals surface area contributed by atoms with Crippen LogP contribution in [0.25, 0.3) is 11.0 Å². The van der Waals surface area contributed by atoms with E-state index in [9.17, 15) is 4.79 Å². The van der Waals surface area contributed by atoms with Crippen LogP contribution in [0.2, 0.25) is 0 Å². The molecule has 0 aliphatic carbocycles. The number of nitrogens with one attached hydrogen (secondary N) is 1. The summed E-state index contributed by atoms with van der Waals surface area (Å²) in [6.45, 7) is 7.45. The second-order valence-electron chi connectivity index (χ2n) is 7.08. The number of benzene rings is 2. The molecule has 3 aromatic rings. The van der Waals surface area contributed by atoms with E-state index in [1.54, 1.807) is 0 Å². The molecular weight excluding hydrogens is 358 g/mol. The molecule has 1 aromatic heterocycles. The highest BCUT2D eigenvalue weighted by atomic mass is 32.1. The van der Waals surface area contributed by atoms with Crippen molar-refractivity contribution < 1.29 is 4.79 Å². The van der Waals surface area contributed by atoms with Gasteiger partial charge in [-0.1, -0.05) is 36.4 Å². The number of hydrogen-bond donors (Lipinski definition) is 1. The van der Waals surface area contributed by atoms with Gasteiger partial charge in [-0.15, -0.1) is 0 Å². The highest BCUT2D eigenvalue weighted by molar-refractivity contribution is 7.00. The Bertz CT molecular complexity index is 942. The SMILES string of the molecule is Cc1ccc2nsnc2c1NC(=O)N1CCN(Cc2ccccc2)C[C@H]1C. The van der Waals surface area contributed by atoms with Gasteiger partial charge in [0.1, 0.15) is 11.0 Å². The van der Waals surface area contributed by atoms with E-state index in [4.69, 9.17) is 0 Å². The van der Waals surface area contributed by atoms with Crippen LogP contribution >= 0.6 is 11.7 Å². The zero-order chi connectivity index (χ0) is 18.8. The van der Waals surface area contributed by atoms with Crippen LogP contribution in [0.5, 0.6) is 0 Å². The van der Waals surface area contributed by atoms with Crippen LogP contribution in [-0.2, 0) is 6.54 Å². The van der Waals surface area contributed by atoms with Crippen LogP contribution in [-0.4, -0.2) is 50.3 Å². The zero-order valence-corrected chi connectivity index (χ0v) is 16.4. The van der Waals surface area contributed by atoms with E-state index in [1.165, 1.54) is 17.3 Å². The van der Waals surface area contributed by atoms with Gasteiger partial charge in [0.25, 0.3) is 0 Å². The monoisotopic (exact) mass is 381 g/mol. The molecular formula is C20H23N5OS. The number of anilines is 1. The Kier molecular flexibility index (Phi) is 5.05. The smallest absolute Gasteiger partial charge is 0.319 e. The van der Waals surface area contributed by atoms with Crippen molar-refractivity contribution in [2.75, 3.05) is 25.0 Å². The fourth-order valence-electron chi connectivity index (χ4n) is 3.61. The first-order valence-electron chi connectivity index (χ1n) is 9.17. The van der Waals surface area contributed by atoms with Crippen LogP contribution in [0.3, 0.4) is 0 Å². The van der Waals surface area contributed by atoms with Crippen molar-refractivity contribution >= 4 is 34.5 Å². The van der Waals surface area contributed by atoms with Crippen LogP contribution in [0.1, 0.15) is 18.1 Å². The molecule has 0 saturated carbocycles. The predicted octanol–water partition coefficient (Wildman–Crippen LogP) is 3.74. The molecule has 7 heteroatoms. The molecule has 140 valence electrons. The number of aromatic nitrogens is 2. The number of fused-ring (bicyclic) bond motifs is 1. The maximum atomic E-state index is 12.9. The fourth-order valence-corrected chi connectivity index (χ4v) is 4.15. The number of carbonyl (C=O) groups excluding carboxylic acids is 1. The van der Waals surface area contributed by atoms with Gasteiger partial charge in [0.15, 0.2) is 0 Å². The second-order valence-corrected chi connectivity index (χ2v) is 7.61. The molecule has 0 unspecified atom stereocenters. The van der Waals surface area contributed by atoms with Crippen molar-refractivity contribution in [1.29, 1.82) is 0 Å². The average Bonchev–Trinajstić information content (AvgIpc) is 3.14. The minimum atomic E-state index is -0.0644. The Morgan fingerprint density at radius 1 is 1.19 bits per heavy atom. The van der Waals surface area contributed by atoms with E-state index in [2.05, 4.69) is 50.2 Å². The predicted molar refractivity (Wildman–Crippen MR) is 109 cm³/mol. The van der Waals surface area contributed by atoms with Gasteiger partial charge < -0.3 is 10.2 Å². The lowest BCUT2D eigenvalue weighted by molar-refractivity contribution is 0.104. The first kappa shape index (κ1) is 17.9. The topological polar surface area (TPSA) is 61.4 Å². The summed E-state index contributed by atoms with van der Waals surface area (Å²) in [5.41, 5.74) is 4.66. The summed E-state index contributed by atoms with van der Waals surface area (Å²) in [5.74, 6) is 0. The Balaban J connectivity index is 1.42. The summed E-state index contributed by atoms with van der Waals surface area (Å²) in [7, 11) is 0. The molecule has 2 aromatic carbocycles. The van der Waals surface area contributed by atoms with Gasteiger partial charge >= 0.3 is 6.03 Å². The van der Waals surface area contributed by atoms with Crippen LogP contribution in [0.4, 0.5) is 10.5 Å². The van der Waals surface area contributed by atoms with E-state index >= 15 is 0 Å². The number of aryl methyl sites for hydroxylation is 1. The van der Waals surface area contributed by atoms with Gasteiger partial charge in [-0.25, -0.2) is 4.79 Å². The highest BCUT2D eigenvalue weighted by Gasteiger charge is 2.28. The zero-order valence-electron chi connectivity index (χ0n) is 15.6. The third-order valence-electron chi connectivity index (χ3n) is 5.09. The van der Waals surface area contributed by atoms with Crippen molar-refractivity contribution in [2.45, 2.75) is 26.4 Å². The molecule has 27 heavy (non-hydrogen) atoms. The van der Waals surface area contributed by atoms with Gasteiger partial charge in [-0.05, 0) is 31.0 Å². The summed E-state index contributed by atoms with van der Waals surface area (Å²) in [6, 6.07) is 14.5. The van der Waals surface area contributed by atoms with E-state index in [0.717, 1.165) is 41.9 Å².